The fraction of sp³-hybridized carbons (Fsp3) is 0.412. The third-order valence-electron chi connectivity index (χ3n) is 4.22. The van der Waals surface area contributed by atoms with Crippen molar-refractivity contribution in [2.75, 3.05) is 47.4 Å². The Kier molecular flexibility index (Phi) is 5.11. The van der Waals surface area contributed by atoms with Gasteiger partial charge in [-0.15, -0.1) is 0 Å². The van der Waals surface area contributed by atoms with Gasteiger partial charge in [0, 0.05) is 5.56 Å². The first-order valence-corrected chi connectivity index (χ1v) is 8.74. The number of rotatable bonds is 3. The molecule has 0 atom stereocenters. The topological polar surface area (TPSA) is 55.6 Å². The highest BCUT2D eigenvalue weighted by Gasteiger charge is 2.29. The van der Waals surface area contributed by atoms with Gasteiger partial charge in [0.2, 0.25) is 0 Å². The highest BCUT2D eigenvalue weighted by Crippen LogP contribution is 2.36. The molecule has 0 aromatic heterocycles. The first-order valence-electron chi connectivity index (χ1n) is 7.92. The number of aliphatic imine (C=N–C) groups is 1. The Balaban J connectivity index is 1.80. The van der Waals surface area contributed by atoms with Crippen molar-refractivity contribution in [1.82, 2.24) is 4.90 Å². The number of carbonyl (C=O) groups excluding carboxylic acids is 1. The molecule has 7 heteroatoms. The van der Waals surface area contributed by atoms with E-state index in [-0.39, 0.29) is 5.91 Å². The number of benzene rings is 1. The number of piperazine rings is 1. The molecule has 1 fully saturated rings. The zero-order chi connectivity index (χ0) is 17.1. The van der Waals surface area contributed by atoms with Gasteiger partial charge in [0.15, 0.2) is 16.7 Å². The van der Waals surface area contributed by atoms with Crippen LogP contribution in [0.2, 0.25) is 0 Å². The molecule has 0 unspecified atom stereocenters. The summed E-state index contributed by atoms with van der Waals surface area (Å²) >= 11 is 1.44. The summed E-state index contributed by atoms with van der Waals surface area (Å²) in [6, 6.07) is 5.61. The number of ether oxygens (including phenoxy) is 2. The van der Waals surface area contributed by atoms with E-state index in [1.165, 1.54) is 16.7 Å². The van der Waals surface area contributed by atoms with Crippen LogP contribution in [0.15, 0.2) is 28.1 Å². The average molecular weight is 348 g/mol. The lowest BCUT2D eigenvalue weighted by molar-refractivity contribution is -0.883. The number of thioether (sulfide) groups is 1. The fourth-order valence-electron chi connectivity index (χ4n) is 2.78. The van der Waals surface area contributed by atoms with Gasteiger partial charge in [0.1, 0.15) is 0 Å². The van der Waals surface area contributed by atoms with E-state index in [9.17, 15) is 4.79 Å². The first-order chi connectivity index (χ1) is 11.6. The summed E-state index contributed by atoms with van der Waals surface area (Å²) in [6.45, 7) is 3.99. The molecule has 2 aliphatic heterocycles. The van der Waals surface area contributed by atoms with Crippen LogP contribution in [0.3, 0.4) is 0 Å². The predicted octanol–water partition coefficient (Wildman–Crippen LogP) is 0.504. The number of hydrogen-bond donors (Lipinski definition) is 1. The smallest absolute Gasteiger partial charge is 0.286 e. The molecule has 0 radical (unpaired) electrons. The van der Waals surface area contributed by atoms with Gasteiger partial charge in [-0.2, -0.15) is 4.99 Å². The van der Waals surface area contributed by atoms with Crippen molar-refractivity contribution in [2.24, 2.45) is 4.99 Å². The van der Waals surface area contributed by atoms with E-state index >= 15 is 0 Å². The van der Waals surface area contributed by atoms with Crippen LogP contribution >= 0.6 is 11.8 Å². The molecular formula is C17H22N3O3S+. The molecule has 1 N–H and O–H groups in total. The van der Waals surface area contributed by atoms with E-state index < -0.39 is 0 Å². The first kappa shape index (κ1) is 16.9. The molecule has 0 aliphatic carbocycles. The van der Waals surface area contributed by atoms with Crippen molar-refractivity contribution in [2.45, 2.75) is 0 Å². The number of amidine groups is 1. The Morgan fingerprint density at radius 1 is 1.25 bits per heavy atom. The number of methoxy groups -OCH3 is 2. The van der Waals surface area contributed by atoms with E-state index in [4.69, 9.17) is 9.47 Å². The molecule has 1 saturated heterocycles. The van der Waals surface area contributed by atoms with Gasteiger partial charge in [-0.05, 0) is 23.9 Å². The monoisotopic (exact) mass is 348 g/mol. The number of quaternary nitrogens is 1. The molecule has 6 nitrogen and oxygen atoms in total. The van der Waals surface area contributed by atoms with Crippen LogP contribution in [0.25, 0.3) is 6.08 Å². The fourth-order valence-corrected chi connectivity index (χ4v) is 3.74. The summed E-state index contributed by atoms with van der Waals surface area (Å²) in [6.07, 6.45) is 1.83. The Hall–Kier alpha value is -1.99. The van der Waals surface area contributed by atoms with Crippen molar-refractivity contribution in [3.8, 4) is 11.5 Å². The summed E-state index contributed by atoms with van der Waals surface area (Å²) in [5.74, 6) is 1.08. The maximum Gasteiger partial charge on any atom is 0.286 e. The zero-order valence-electron chi connectivity index (χ0n) is 14.2. The zero-order valence-corrected chi connectivity index (χ0v) is 15.0. The van der Waals surface area contributed by atoms with E-state index in [1.54, 1.807) is 14.2 Å². The second-order valence-corrected chi connectivity index (χ2v) is 6.85. The van der Waals surface area contributed by atoms with Crippen LogP contribution in [0.4, 0.5) is 0 Å². The van der Waals surface area contributed by atoms with Crippen molar-refractivity contribution in [1.29, 1.82) is 0 Å². The second kappa shape index (κ2) is 7.27. The summed E-state index contributed by atoms with van der Waals surface area (Å²) in [5.41, 5.74) is 0.812. The minimum Gasteiger partial charge on any atom is -0.493 e. The predicted molar refractivity (Wildman–Crippen MR) is 95.7 cm³/mol. The van der Waals surface area contributed by atoms with E-state index in [1.807, 2.05) is 24.3 Å². The molecule has 0 bridgehead atoms. The number of nitrogens with zero attached hydrogens (tertiary/aromatic N) is 2. The Morgan fingerprint density at radius 3 is 2.67 bits per heavy atom. The molecule has 3 rings (SSSR count). The Bertz CT molecular complexity index is 694. The van der Waals surface area contributed by atoms with Crippen molar-refractivity contribution >= 4 is 28.9 Å². The van der Waals surface area contributed by atoms with Crippen LogP contribution in [0.1, 0.15) is 5.56 Å². The lowest BCUT2D eigenvalue weighted by Gasteiger charge is -2.30. The standard InChI is InChI=1S/C17H21N3O3S/c1-19-7-9-20(10-8-19)17-18-16(21)14(24-17)11-12-5-4-6-13(22-2)15(12)23-3/h4-6,11H,7-10H2,1-3H3/p+1. The second-order valence-electron chi connectivity index (χ2n) is 5.84. The van der Waals surface area contributed by atoms with Gasteiger partial charge < -0.3 is 19.3 Å². The number of para-hydroxylation sites is 1. The maximum atomic E-state index is 12.3. The van der Waals surface area contributed by atoms with Crippen molar-refractivity contribution in [3.05, 3.63) is 28.7 Å². The number of amides is 1. The molecule has 1 aromatic rings. The van der Waals surface area contributed by atoms with E-state index in [2.05, 4.69) is 16.9 Å². The Labute approximate surface area is 146 Å². The molecule has 1 aromatic carbocycles. The molecule has 2 heterocycles. The minimum absolute atomic E-state index is 0.189. The van der Waals surface area contributed by atoms with Crippen LogP contribution < -0.4 is 14.4 Å². The molecule has 1 amide bonds. The van der Waals surface area contributed by atoms with Crippen LogP contribution in [0, 0.1) is 0 Å². The normalized spacial score (nSPS) is 20.5. The van der Waals surface area contributed by atoms with Gasteiger partial charge in [-0.3, -0.25) is 4.79 Å². The number of hydrogen-bond acceptors (Lipinski definition) is 5. The van der Waals surface area contributed by atoms with Crippen molar-refractivity contribution < 1.29 is 19.2 Å². The maximum absolute atomic E-state index is 12.3. The average Bonchev–Trinajstić information content (AvgIpc) is 2.96. The summed E-state index contributed by atoms with van der Waals surface area (Å²) < 4.78 is 10.7. The van der Waals surface area contributed by atoms with Gasteiger partial charge in [0.05, 0.1) is 52.4 Å². The van der Waals surface area contributed by atoms with E-state index in [0.717, 1.165) is 36.9 Å². The summed E-state index contributed by atoms with van der Waals surface area (Å²) in [4.78, 5) is 20.8. The molecule has 24 heavy (non-hydrogen) atoms. The molecule has 2 aliphatic rings. The van der Waals surface area contributed by atoms with Gasteiger partial charge in [-0.25, -0.2) is 0 Å². The third-order valence-corrected chi connectivity index (χ3v) is 5.26. The van der Waals surface area contributed by atoms with Gasteiger partial charge >= 0.3 is 0 Å². The quantitative estimate of drug-likeness (QED) is 0.807. The van der Waals surface area contributed by atoms with Crippen LogP contribution in [0.5, 0.6) is 11.5 Å². The van der Waals surface area contributed by atoms with Crippen LogP contribution in [-0.4, -0.2) is 63.4 Å². The molecular weight excluding hydrogens is 326 g/mol. The summed E-state index contributed by atoms with van der Waals surface area (Å²) in [7, 11) is 5.38. The largest absolute Gasteiger partial charge is 0.493 e. The van der Waals surface area contributed by atoms with Gasteiger partial charge in [-0.1, -0.05) is 12.1 Å². The lowest BCUT2D eigenvalue weighted by atomic mass is 10.1. The number of nitrogens with one attached hydrogen (secondary N) is 1. The highest BCUT2D eigenvalue weighted by atomic mass is 32.2. The summed E-state index contributed by atoms with van der Waals surface area (Å²) in [5, 5.41) is 0.806. The Morgan fingerprint density at radius 2 is 2.00 bits per heavy atom. The molecule has 0 spiro atoms. The highest BCUT2D eigenvalue weighted by molar-refractivity contribution is 8.18. The van der Waals surface area contributed by atoms with E-state index in [0.29, 0.717) is 16.4 Å². The SMILES string of the molecule is COc1cccc(C=C2SC(N3CC[NH+](C)CC3)=NC2=O)c1OC. The molecule has 128 valence electrons. The number of likely N-dealkylation sites (N-methyl/N-ethyl adjacent to an activating group) is 1. The minimum atomic E-state index is -0.189. The lowest BCUT2D eigenvalue weighted by Crippen LogP contribution is -3.12. The van der Waals surface area contributed by atoms with Crippen molar-refractivity contribution in [3.63, 3.8) is 0 Å². The van der Waals surface area contributed by atoms with Crippen LogP contribution in [-0.2, 0) is 4.79 Å². The molecule has 0 saturated carbocycles. The van der Waals surface area contributed by atoms with Gasteiger partial charge in [0.25, 0.3) is 5.91 Å². The number of carbonyl (C=O) groups is 1. The third kappa shape index (κ3) is 3.42.